The van der Waals surface area contributed by atoms with Gasteiger partial charge in [0, 0.05) is 21.6 Å². The van der Waals surface area contributed by atoms with Crippen LogP contribution in [0.4, 0.5) is 0 Å². The Bertz CT molecular complexity index is 881. The molecule has 3 aromatic rings. The molecule has 0 heterocycles. The minimum absolute atomic E-state index is 0.517. The maximum Gasteiger partial charge on any atom is 0.120 e. The van der Waals surface area contributed by atoms with E-state index in [-0.39, 0.29) is 0 Å². The molecule has 0 atom stereocenters. The summed E-state index contributed by atoms with van der Waals surface area (Å²) in [6.07, 6.45) is 0.850. The van der Waals surface area contributed by atoms with Crippen LogP contribution in [0.1, 0.15) is 16.7 Å². The zero-order valence-corrected chi connectivity index (χ0v) is 17.0. The molecular formula is C22H20Cl3NO. The van der Waals surface area contributed by atoms with E-state index in [1.54, 1.807) is 6.07 Å². The standard InChI is InChI=1S/C22H20Cl3NO/c23-19-7-4-16(5-8-19)15-27-21-3-1-2-17(12-21)14-26-11-10-18-6-9-20(24)13-22(18)25/h1-9,12-13,26H,10-11,14-15H2. The molecular weight excluding hydrogens is 401 g/mol. The first-order valence-electron chi connectivity index (χ1n) is 8.71. The quantitative estimate of drug-likeness (QED) is 0.417. The van der Waals surface area contributed by atoms with Gasteiger partial charge in [0.1, 0.15) is 12.4 Å². The molecule has 0 radical (unpaired) electrons. The van der Waals surface area contributed by atoms with Crippen LogP contribution in [0.15, 0.2) is 66.7 Å². The fourth-order valence-corrected chi connectivity index (χ4v) is 3.30. The Morgan fingerprint density at radius 3 is 2.33 bits per heavy atom. The molecule has 0 fully saturated rings. The summed E-state index contributed by atoms with van der Waals surface area (Å²) in [7, 11) is 0. The number of rotatable bonds is 8. The minimum Gasteiger partial charge on any atom is -0.489 e. The maximum absolute atomic E-state index is 6.20. The van der Waals surface area contributed by atoms with Gasteiger partial charge in [0.25, 0.3) is 0 Å². The van der Waals surface area contributed by atoms with Crippen molar-refractivity contribution in [2.45, 2.75) is 19.6 Å². The highest BCUT2D eigenvalue weighted by Gasteiger charge is 2.02. The molecule has 0 saturated carbocycles. The fraction of sp³-hybridized carbons (Fsp3) is 0.182. The smallest absolute Gasteiger partial charge is 0.120 e. The number of nitrogens with one attached hydrogen (secondary N) is 1. The van der Waals surface area contributed by atoms with E-state index in [2.05, 4.69) is 17.4 Å². The Morgan fingerprint density at radius 2 is 1.56 bits per heavy atom. The Kier molecular flexibility index (Phi) is 7.42. The van der Waals surface area contributed by atoms with E-state index in [0.717, 1.165) is 41.4 Å². The SMILES string of the molecule is Clc1ccc(COc2cccc(CNCCc3ccc(Cl)cc3Cl)c2)cc1. The first-order valence-corrected chi connectivity index (χ1v) is 9.84. The van der Waals surface area contributed by atoms with Gasteiger partial charge in [0.05, 0.1) is 0 Å². The number of hydrogen-bond donors (Lipinski definition) is 1. The second kappa shape index (κ2) is 10.0. The van der Waals surface area contributed by atoms with Crippen LogP contribution in [-0.4, -0.2) is 6.54 Å². The van der Waals surface area contributed by atoms with Crippen LogP contribution in [0, 0.1) is 0 Å². The normalized spacial score (nSPS) is 10.8. The third-order valence-electron chi connectivity index (χ3n) is 4.13. The van der Waals surface area contributed by atoms with Gasteiger partial charge in [0.2, 0.25) is 0 Å². The summed E-state index contributed by atoms with van der Waals surface area (Å²) in [5.41, 5.74) is 3.35. The van der Waals surface area contributed by atoms with E-state index in [1.807, 2.05) is 48.5 Å². The van der Waals surface area contributed by atoms with Crippen LogP contribution < -0.4 is 10.1 Å². The van der Waals surface area contributed by atoms with Crippen molar-refractivity contribution in [2.24, 2.45) is 0 Å². The molecule has 0 unspecified atom stereocenters. The summed E-state index contributed by atoms with van der Waals surface area (Å²) in [5, 5.41) is 5.54. The van der Waals surface area contributed by atoms with Crippen molar-refractivity contribution in [3.63, 3.8) is 0 Å². The Morgan fingerprint density at radius 1 is 0.778 bits per heavy atom. The van der Waals surface area contributed by atoms with E-state index in [1.165, 1.54) is 5.56 Å². The van der Waals surface area contributed by atoms with Crippen LogP contribution in [-0.2, 0) is 19.6 Å². The van der Waals surface area contributed by atoms with Gasteiger partial charge in [-0.3, -0.25) is 0 Å². The van der Waals surface area contributed by atoms with Gasteiger partial charge in [0.15, 0.2) is 0 Å². The molecule has 0 aliphatic carbocycles. The maximum atomic E-state index is 6.20. The van der Waals surface area contributed by atoms with Crippen molar-refractivity contribution in [2.75, 3.05) is 6.54 Å². The molecule has 0 aliphatic heterocycles. The van der Waals surface area contributed by atoms with Crippen molar-refractivity contribution >= 4 is 34.8 Å². The molecule has 0 bridgehead atoms. The summed E-state index contributed by atoms with van der Waals surface area (Å²) < 4.78 is 5.87. The monoisotopic (exact) mass is 419 g/mol. The van der Waals surface area contributed by atoms with Crippen LogP contribution in [0.2, 0.25) is 15.1 Å². The molecule has 27 heavy (non-hydrogen) atoms. The molecule has 3 rings (SSSR count). The van der Waals surface area contributed by atoms with E-state index in [4.69, 9.17) is 39.5 Å². The van der Waals surface area contributed by atoms with Crippen LogP contribution in [0.3, 0.4) is 0 Å². The average molecular weight is 421 g/mol. The highest BCUT2D eigenvalue weighted by Crippen LogP contribution is 2.21. The molecule has 0 saturated heterocycles. The molecule has 140 valence electrons. The van der Waals surface area contributed by atoms with Crippen molar-refractivity contribution in [3.8, 4) is 5.75 Å². The molecule has 1 N–H and O–H groups in total. The van der Waals surface area contributed by atoms with Crippen LogP contribution in [0.25, 0.3) is 0 Å². The molecule has 2 nitrogen and oxygen atoms in total. The van der Waals surface area contributed by atoms with E-state index in [9.17, 15) is 0 Å². The predicted octanol–water partition coefficient (Wildman–Crippen LogP) is 6.56. The summed E-state index contributed by atoms with van der Waals surface area (Å²) >= 11 is 18.0. The van der Waals surface area contributed by atoms with Gasteiger partial charge < -0.3 is 10.1 Å². The lowest BCUT2D eigenvalue weighted by Crippen LogP contribution is -2.16. The van der Waals surface area contributed by atoms with Crippen molar-refractivity contribution in [1.29, 1.82) is 0 Å². The fourth-order valence-electron chi connectivity index (χ4n) is 2.67. The summed E-state index contributed by atoms with van der Waals surface area (Å²) in [6.45, 7) is 2.11. The lowest BCUT2D eigenvalue weighted by Gasteiger charge is -2.10. The predicted molar refractivity (Wildman–Crippen MR) is 114 cm³/mol. The Hall–Kier alpha value is -1.71. The van der Waals surface area contributed by atoms with Gasteiger partial charge in [-0.15, -0.1) is 0 Å². The first-order chi connectivity index (χ1) is 13.1. The lowest BCUT2D eigenvalue weighted by atomic mass is 10.1. The van der Waals surface area contributed by atoms with E-state index < -0.39 is 0 Å². The number of halogens is 3. The van der Waals surface area contributed by atoms with Crippen molar-refractivity contribution < 1.29 is 4.74 Å². The van der Waals surface area contributed by atoms with Gasteiger partial charge in [-0.1, -0.05) is 65.1 Å². The van der Waals surface area contributed by atoms with Gasteiger partial charge >= 0.3 is 0 Å². The Balaban J connectivity index is 1.46. The van der Waals surface area contributed by atoms with Crippen molar-refractivity contribution in [3.05, 3.63) is 98.5 Å². The third kappa shape index (κ3) is 6.44. The topological polar surface area (TPSA) is 21.3 Å². The molecule has 0 amide bonds. The van der Waals surface area contributed by atoms with Crippen LogP contribution in [0.5, 0.6) is 5.75 Å². The van der Waals surface area contributed by atoms with Gasteiger partial charge in [-0.25, -0.2) is 0 Å². The summed E-state index contributed by atoms with van der Waals surface area (Å²) in [4.78, 5) is 0. The minimum atomic E-state index is 0.517. The molecule has 0 aromatic heterocycles. The largest absolute Gasteiger partial charge is 0.489 e. The zero-order chi connectivity index (χ0) is 19.1. The van der Waals surface area contributed by atoms with Gasteiger partial charge in [-0.05, 0) is 66.1 Å². The molecule has 3 aromatic carbocycles. The zero-order valence-electron chi connectivity index (χ0n) is 14.7. The number of ether oxygens (including phenoxy) is 1. The van der Waals surface area contributed by atoms with Gasteiger partial charge in [-0.2, -0.15) is 0 Å². The van der Waals surface area contributed by atoms with E-state index in [0.29, 0.717) is 16.7 Å². The number of benzene rings is 3. The third-order valence-corrected chi connectivity index (χ3v) is 4.97. The second-order valence-corrected chi connectivity index (χ2v) is 7.51. The first kappa shape index (κ1) is 20.0. The van der Waals surface area contributed by atoms with Crippen LogP contribution >= 0.6 is 34.8 Å². The van der Waals surface area contributed by atoms with E-state index >= 15 is 0 Å². The van der Waals surface area contributed by atoms with Crippen molar-refractivity contribution in [1.82, 2.24) is 5.32 Å². The highest BCUT2D eigenvalue weighted by atomic mass is 35.5. The molecule has 0 spiro atoms. The molecule has 5 heteroatoms. The average Bonchev–Trinajstić information content (AvgIpc) is 2.66. The number of hydrogen-bond acceptors (Lipinski definition) is 2. The lowest BCUT2D eigenvalue weighted by molar-refractivity contribution is 0.306. The summed E-state index contributed by atoms with van der Waals surface area (Å²) in [5.74, 6) is 0.852. The summed E-state index contributed by atoms with van der Waals surface area (Å²) in [6, 6.07) is 21.4. The highest BCUT2D eigenvalue weighted by molar-refractivity contribution is 6.35. The Labute approximate surface area is 175 Å². The second-order valence-electron chi connectivity index (χ2n) is 6.23. The molecule has 0 aliphatic rings.